The molecule has 0 bridgehead atoms. The highest BCUT2D eigenvalue weighted by Crippen LogP contribution is 1.35. The van der Waals surface area contributed by atoms with E-state index in [0.717, 1.165) is 0 Å². The van der Waals surface area contributed by atoms with E-state index in [2.05, 4.69) is 4.74 Å². The normalized spacial score (nSPS) is 3.50. The lowest BCUT2D eigenvalue weighted by atomic mass is 11.5. The van der Waals surface area contributed by atoms with Crippen LogP contribution in [0.1, 0.15) is 0 Å². The molecule has 0 aromatic rings. The second-order valence-electron chi connectivity index (χ2n) is 0.332. The topological polar surface area (TPSA) is 26.3 Å². The predicted octanol–water partition coefficient (Wildman–Crippen LogP) is 0.633. The van der Waals surface area contributed by atoms with E-state index in [-0.39, 0.29) is 24.8 Å². The Morgan fingerprint density at radius 3 is 1.67 bits per heavy atom. The zero-order valence-electron chi connectivity index (χ0n) is 3.21. The van der Waals surface area contributed by atoms with Crippen molar-refractivity contribution in [3.8, 4) is 0 Å². The third-order valence-electron chi connectivity index (χ3n) is 0.0962. The van der Waals surface area contributed by atoms with Crippen LogP contribution >= 0.6 is 24.8 Å². The fourth-order valence-electron chi connectivity index (χ4n) is 0. The SMILES string of the molecule is COC=O.Cl.Cl. The molecule has 0 N–H and O–H groups in total. The van der Waals surface area contributed by atoms with Gasteiger partial charge in [0.25, 0.3) is 6.47 Å². The largest absolute Gasteiger partial charge is 0.471 e. The summed E-state index contributed by atoms with van der Waals surface area (Å²) in [6.07, 6.45) is 0. The Kier molecular flexibility index (Phi) is 54.5. The van der Waals surface area contributed by atoms with Crippen LogP contribution in [0.3, 0.4) is 0 Å². The van der Waals surface area contributed by atoms with Crippen LogP contribution in [-0.4, -0.2) is 13.6 Å². The summed E-state index contributed by atoms with van der Waals surface area (Å²) in [6.45, 7) is 0.375. The Balaban J connectivity index is -0.0000000450. The van der Waals surface area contributed by atoms with Crippen molar-refractivity contribution in [3.63, 3.8) is 0 Å². The van der Waals surface area contributed by atoms with Crippen LogP contribution in [-0.2, 0) is 9.53 Å². The van der Waals surface area contributed by atoms with Gasteiger partial charge in [-0.15, -0.1) is 24.8 Å². The summed E-state index contributed by atoms with van der Waals surface area (Å²) in [5.41, 5.74) is 0. The maximum absolute atomic E-state index is 8.95. The molecule has 6 heavy (non-hydrogen) atoms. The lowest BCUT2D eigenvalue weighted by molar-refractivity contribution is -0.126. The molecule has 0 saturated heterocycles. The number of carbonyl (C=O) groups is 1. The van der Waals surface area contributed by atoms with Gasteiger partial charge in [-0.2, -0.15) is 0 Å². The van der Waals surface area contributed by atoms with E-state index in [1.807, 2.05) is 0 Å². The zero-order valence-corrected chi connectivity index (χ0v) is 4.84. The number of hydrogen-bond donors (Lipinski definition) is 0. The molecule has 0 aromatic carbocycles. The highest BCUT2D eigenvalue weighted by molar-refractivity contribution is 5.85. The first-order valence-corrected chi connectivity index (χ1v) is 0.880. The number of rotatable bonds is 1. The molecule has 4 heteroatoms. The summed E-state index contributed by atoms with van der Waals surface area (Å²) in [7, 11) is 1.31. The average molecular weight is 133 g/mol. The average Bonchev–Trinajstić information content (AvgIpc) is 1.37. The summed E-state index contributed by atoms with van der Waals surface area (Å²) in [6, 6.07) is 0. The van der Waals surface area contributed by atoms with E-state index in [9.17, 15) is 0 Å². The molecule has 0 unspecified atom stereocenters. The molecule has 0 radical (unpaired) electrons. The number of carbonyl (C=O) groups excluding carboxylic acids is 1. The molecular formula is C2H6Cl2O2. The Morgan fingerprint density at radius 1 is 1.50 bits per heavy atom. The molecule has 0 amide bonds. The summed E-state index contributed by atoms with van der Waals surface area (Å²) < 4.78 is 3.86. The number of ether oxygens (including phenoxy) is 1. The second kappa shape index (κ2) is 19.7. The van der Waals surface area contributed by atoms with Crippen molar-refractivity contribution in [2.45, 2.75) is 0 Å². The first kappa shape index (κ1) is 16.6. The van der Waals surface area contributed by atoms with Crippen LogP contribution in [0.4, 0.5) is 0 Å². The summed E-state index contributed by atoms with van der Waals surface area (Å²) in [5.74, 6) is 0. The van der Waals surface area contributed by atoms with Gasteiger partial charge in [-0.1, -0.05) is 0 Å². The molecule has 2 nitrogen and oxygen atoms in total. The van der Waals surface area contributed by atoms with Crippen LogP contribution in [0.2, 0.25) is 0 Å². The van der Waals surface area contributed by atoms with Crippen LogP contribution in [0, 0.1) is 0 Å². The van der Waals surface area contributed by atoms with E-state index in [1.54, 1.807) is 0 Å². The molecule has 0 aliphatic carbocycles. The molecule has 0 heterocycles. The van der Waals surface area contributed by atoms with Gasteiger partial charge in [0.1, 0.15) is 0 Å². The predicted molar refractivity (Wildman–Crippen MR) is 27.6 cm³/mol. The van der Waals surface area contributed by atoms with Crippen molar-refractivity contribution in [2.75, 3.05) is 7.11 Å². The first-order chi connectivity index (χ1) is 1.91. The molecular weight excluding hydrogens is 127 g/mol. The molecule has 0 fully saturated rings. The van der Waals surface area contributed by atoms with Crippen LogP contribution in [0.5, 0.6) is 0 Å². The maximum atomic E-state index is 8.95. The number of halogens is 2. The van der Waals surface area contributed by atoms with Crippen molar-refractivity contribution in [1.82, 2.24) is 0 Å². The van der Waals surface area contributed by atoms with Gasteiger partial charge in [0.15, 0.2) is 0 Å². The van der Waals surface area contributed by atoms with Crippen molar-refractivity contribution in [1.29, 1.82) is 0 Å². The third-order valence-corrected chi connectivity index (χ3v) is 0.0962. The minimum atomic E-state index is 0. The smallest absolute Gasteiger partial charge is 0.292 e. The van der Waals surface area contributed by atoms with Crippen LogP contribution < -0.4 is 0 Å². The van der Waals surface area contributed by atoms with E-state index < -0.39 is 0 Å². The summed E-state index contributed by atoms with van der Waals surface area (Å²) in [4.78, 5) is 8.95. The number of hydrogen-bond acceptors (Lipinski definition) is 2. The van der Waals surface area contributed by atoms with E-state index in [4.69, 9.17) is 4.79 Å². The number of methoxy groups -OCH3 is 1. The van der Waals surface area contributed by atoms with Crippen molar-refractivity contribution < 1.29 is 9.53 Å². The monoisotopic (exact) mass is 132 g/mol. The zero-order chi connectivity index (χ0) is 3.41. The van der Waals surface area contributed by atoms with Crippen molar-refractivity contribution in [2.24, 2.45) is 0 Å². The molecule has 0 aliphatic rings. The highest BCUT2D eigenvalue weighted by Gasteiger charge is 1.44. The molecule has 0 atom stereocenters. The molecule has 40 valence electrons. The minimum absolute atomic E-state index is 0. The van der Waals surface area contributed by atoms with Gasteiger partial charge in [0, 0.05) is 0 Å². The maximum Gasteiger partial charge on any atom is 0.292 e. The van der Waals surface area contributed by atoms with Gasteiger partial charge >= 0.3 is 0 Å². The van der Waals surface area contributed by atoms with Crippen LogP contribution in [0.15, 0.2) is 0 Å². The van der Waals surface area contributed by atoms with E-state index >= 15 is 0 Å². The highest BCUT2D eigenvalue weighted by atomic mass is 35.5. The molecule has 0 aliphatic heterocycles. The Bertz CT molecular complexity index is 23.5. The van der Waals surface area contributed by atoms with Gasteiger partial charge in [0.05, 0.1) is 7.11 Å². The second-order valence-corrected chi connectivity index (χ2v) is 0.332. The fourth-order valence-corrected chi connectivity index (χ4v) is 0. The molecule has 0 spiro atoms. The van der Waals surface area contributed by atoms with Gasteiger partial charge in [-0.25, -0.2) is 0 Å². The van der Waals surface area contributed by atoms with Gasteiger partial charge < -0.3 is 4.74 Å². The minimum Gasteiger partial charge on any atom is -0.471 e. The quantitative estimate of drug-likeness (QED) is 0.490. The van der Waals surface area contributed by atoms with E-state index in [0.29, 0.717) is 6.47 Å². The molecule has 0 saturated carbocycles. The molecule has 0 rings (SSSR count). The van der Waals surface area contributed by atoms with Crippen molar-refractivity contribution >= 4 is 31.3 Å². The Hall–Kier alpha value is 0.0500. The fraction of sp³-hybridized carbons (Fsp3) is 0.500. The van der Waals surface area contributed by atoms with Gasteiger partial charge in [-0.05, 0) is 0 Å². The van der Waals surface area contributed by atoms with E-state index in [1.165, 1.54) is 7.11 Å². The lowest BCUT2D eigenvalue weighted by Crippen LogP contribution is -1.68. The molecule has 0 aromatic heterocycles. The lowest BCUT2D eigenvalue weighted by Gasteiger charge is -1.67. The summed E-state index contributed by atoms with van der Waals surface area (Å²) in [5, 5.41) is 0. The summed E-state index contributed by atoms with van der Waals surface area (Å²) >= 11 is 0. The van der Waals surface area contributed by atoms with Gasteiger partial charge in [0.2, 0.25) is 0 Å². The van der Waals surface area contributed by atoms with Crippen LogP contribution in [0.25, 0.3) is 0 Å². The first-order valence-electron chi connectivity index (χ1n) is 0.880. The van der Waals surface area contributed by atoms with Gasteiger partial charge in [-0.3, -0.25) is 4.79 Å². The Morgan fingerprint density at radius 2 is 1.67 bits per heavy atom. The Labute approximate surface area is 48.7 Å². The standard InChI is InChI=1S/C2H4O2.2ClH/c1-4-2-3;;/h2H,1H3;2*1H. The third kappa shape index (κ3) is 34.2. The van der Waals surface area contributed by atoms with Crippen molar-refractivity contribution in [3.05, 3.63) is 0 Å².